The molecular weight excluding hydrogens is 602 g/mol. The third-order valence-electron chi connectivity index (χ3n) is 7.10. The largest absolute Gasteiger partial charge is 0.490 e. The minimum absolute atomic E-state index is 0.0279. The standard InChI is InChI=1S/C36H31N3O8/c1-3-8-27-19-26(21-32(45-4-2)33(27)47-23-25-11-13-29(14-12-25)39(43)44)20-31-34(40)37-36(42)38(35(31)41)28-15-17-30(18-16-28)46-22-24-9-6-5-7-10-24/h3,5-7,9-21H,1,4,8,22-23H2,2H3,(H,37,40,42)/b31-20+. The van der Waals surface area contributed by atoms with Crippen LogP contribution in [0.4, 0.5) is 16.2 Å². The number of barbiturate groups is 1. The molecule has 0 spiro atoms. The van der Waals surface area contributed by atoms with E-state index in [0.717, 1.165) is 10.5 Å². The zero-order chi connectivity index (χ0) is 33.3. The topological polar surface area (TPSA) is 137 Å². The maximum Gasteiger partial charge on any atom is 0.335 e. The lowest BCUT2D eigenvalue weighted by Gasteiger charge is -2.26. The number of non-ortho nitro benzene ring substituents is 1. The van der Waals surface area contributed by atoms with Gasteiger partial charge in [-0.05, 0) is 84.6 Å². The van der Waals surface area contributed by atoms with Gasteiger partial charge in [-0.25, -0.2) is 9.69 Å². The zero-order valence-corrected chi connectivity index (χ0v) is 25.5. The third-order valence-corrected chi connectivity index (χ3v) is 7.10. The maximum atomic E-state index is 13.6. The van der Waals surface area contributed by atoms with Gasteiger partial charge in [0, 0.05) is 17.7 Å². The van der Waals surface area contributed by atoms with Gasteiger partial charge in [-0.1, -0.05) is 36.4 Å². The molecule has 0 atom stereocenters. The number of amides is 4. The van der Waals surface area contributed by atoms with E-state index in [1.54, 1.807) is 61.5 Å². The number of ether oxygens (including phenoxy) is 3. The van der Waals surface area contributed by atoms with Crippen molar-refractivity contribution in [1.29, 1.82) is 0 Å². The van der Waals surface area contributed by atoms with Gasteiger partial charge in [0.25, 0.3) is 17.5 Å². The van der Waals surface area contributed by atoms with E-state index in [4.69, 9.17) is 14.2 Å². The van der Waals surface area contributed by atoms with E-state index in [1.807, 2.05) is 30.3 Å². The first-order valence-electron chi connectivity index (χ1n) is 14.7. The second-order valence-corrected chi connectivity index (χ2v) is 10.4. The Bertz CT molecular complexity index is 1830. The van der Waals surface area contributed by atoms with E-state index in [9.17, 15) is 24.5 Å². The monoisotopic (exact) mass is 633 g/mol. The average Bonchev–Trinajstić information content (AvgIpc) is 3.07. The number of carbonyl (C=O) groups excluding carboxylic acids is 3. The molecule has 0 unspecified atom stereocenters. The molecule has 0 saturated carbocycles. The molecule has 47 heavy (non-hydrogen) atoms. The molecule has 1 heterocycles. The van der Waals surface area contributed by atoms with Crippen LogP contribution in [0, 0.1) is 10.1 Å². The molecule has 4 amide bonds. The fourth-order valence-electron chi connectivity index (χ4n) is 4.86. The molecule has 1 saturated heterocycles. The van der Waals surface area contributed by atoms with Crippen molar-refractivity contribution in [2.45, 2.75) is 26.6 Å². The van der Waals surface area contributed by atoms with Crippen LogP contribution < -0.4 is 24.4 Å². The lowest BCUT2D eigenvalue weighted by molar-refractivity contribution is -0.384. The maximum absolute atomic E-state index is 13.6. The lowest BCUT2D eigenvalue weighted by Crippen LogP contribution is -2.54. The summed E-state index contributed by atoms with van der Waals surface area (Å²) in [6.45, 7) is 6.39. The summed E-state index contributed by atoms with van der Waals surface area (Å²) in [5.41, 5.74) is 2.81. The number of hydrogen-bond donors (Lipinski definition) is 1. The van der Waals surface area contributed by atoms with Crippen molar-refractivity contribution in [3.8, 4) is 17.2 Å². The van der Waals surface area contributed by atoms with Gasteiger partial charge in [-0.15, -0.1) is 6.58 Å². The molecule has 0 radical (unpaired) electrons. The highest BCUT2D eigenvalue weighted by molar-refractivity contribution is 6.39. The summed E-state index contributed by atoms with van der Waals surface area (Å²) in [6, 6.07) is 24.6. The molecular formula is C36H31N3O8. The highest BCUT2D eigenvalue weighted by atomic mass is 16.6. The Morgan fingerprint density at radius 2 is 1.55 bits per heavy atom. The molecule has 0 aromatic heterocycles. The van der Waals surface area contributed by atoms with Gasteiger partial charge in [0.2, 0.25) is 0 Å². The van der Waals surface area contributed by atoms with Crippen LogP contribution in [-0.2, 0) is 29.2 Å². The molecule has 1 N–H and O–H groups in total. The van der Waals surface area contributed by atoms with E-state index in [2.05, 4.69) is 11.9 Å². The molecule has 11 nitrogen and oxygen atoms in total. The minimum atomic E-state index is -0.868. The summed E-state index contributed by atoms with van der Waals surface area (Å²) in [6.07, 6.45) is 3.44. The number of rotatable bonds is 13. The molecule has 238 valence electrons. The number of benzene rings is 4. The zero-order valence-electron chi connectivity index (χ0n) is 25.5. The fraction of sp³-hybridized carbons (Fsp3) is 0.139. The Morgan fingerprint density at radius 1 is 0.872 bits per heavy atom. The Balaban J connectivity index is 1.39. The van der Waals surface area contributed by atoms with Crippen molar-refractivity contribution in [2.24, 2.45) is 0 Å². The Morgan fingerprint density at radius 3 is 2.21 bits per heavy atom. The highest BCUT2D eigenvalue weighted by Crippen LogP contribution is 2.36. The molecule has 1 aliphatic rings. The number of imide groups is 2. The van der Waals surface area contributed by atoms with Gasteiger partial charge in [0.15, 0.2) is 11.5 Å². The van der Waals surface area contributed by atoms with Crippen molar-refractivity contribution in [1.82, 2.24) is 5.32 Å². The van der Waals surface area contributed by atoms with Crippen LogP contribution >= 0.6 is 0 Å². The van der Waals surface area contributed by atoms with Crippen molar-refractivity contribution in [3.05, 3.63) is 142 Å². The number of urea groups is 1. The summed E-state index contributed by atoms with van der Waals surface area (Å²) in [5.74, 6) is -0.288. The van der Waals surface area contributed by atoms with Gasteiger partial charge in [0.1, 0.15) is 24.5 Å². The van der Waals surface area contributed by atoms with Crippen LogP contribution in [-0.4, -0.2) is 29.4 Å². The van der Waals surface area contributed by atoms with Gasteiger partial charge >= 0.3 is 6.03 Å². The average molecular weight is 634 g/mol. The quantitative estimate of drug-likeness (QED) is 0.0576. The Kier molecular flexibility index (Phi) is 10.1. The number of carbonyl (C=O) groups is 3. The van der Waals surface area contributed by atoms with E-state index in [-0.39, 0.29) is 23.6 Å². The first-order valence-corrected chi connectivity index (χ1v) is 14.7. The van der Waals surface area contributed by atoms with Crippen LogP contribution in [0.3, 0.4) is 0 Å². The van der Waals surface area contributed by atoms with E-state index in [1.165, 1.54) is 18.2 Å². The summed E-state index contributed by atoms with van der Waals surface area (Å²) in [5, 5.41) is 13.2. The van der Waals surface area contributed by atoms with Gasteiger partial charge < -0.3 is 14.2 Å². The SMILES string of the molecule is C=CCc1cc(/C=C2\C(=O)NC(=O)N(c3ccc(OCc4ccccc4)cc3)C2=O)cc(OCC)c1OCc1ccc([N+](=O)[O-])cc1. The lowest BCUT2D eigenvalue weighted by atomic mass is 10.0. The first-order chi connectivity index (χ1) is 22.8. The van der Waals surface area contributed by atoms with Crippen LogP contribution in [0.25, 0.3) is 6.08 Å². The summed E-state index contributed by atoms with van der Waals surface area (Å²) in [4.78, 5) is 50.7. The van der Waals surface area contributed by atoms with Crippen molar-refractivity contribution < 1.29 is 33.5 Å². The number of nitrogens with zero attached hydrogens (tertiary/aromatic N) is 2. The van der Waals surface area contributed by atoms with Crippen LogP contribution in [0.5, 0.6) is 17.2 Å². The number of hydrogen-bond acceptors (Lipinski definition) is 8. The van der Waals surface area contributed by atoms with Crippen molar-refractivity contribution in [2.75, 3.05) is 11.5 Å². The van der Waals surface area contributed by atoms with Crippen molar-refractivity contribution >= 4 is 35.3 Å². The number of nitro benzene ring substituents is 1. The van der Waals surface area contributed by atoms with Gasteiger partial charge in [-0.2, -0.15) is 0 Å². The molecule has 1 fully saturated rings. The Hall–Kier alpha value is -6.23. The van der Waals surface area contributed by atoms with Crippen molar-refractivity contribution in [3.63, 3.8) is 0 Å². The summed E-state index contributed by atoms with van der Waals surface area (Å²) < 4.78 is 17.8. The van der Waals surface area contributed by atoms with Crippen LogP contribution in [0.2, 0.25) is 0 Å². The summed E-state index contributed by atoms with van der Waals surface area (Å²) >= 11 is 0. The molecule has 4 aromatic carbocycles. The number of allylic oxidation sites excluding steroid dienone is 1. The fourth-order valence-corrected chi connectivity index (χ4v) is 4.86. The second-order valence-electron chi connectivity index (χ2n) is 10.4. The van der Waals surface area contributed by atoms with E-state index < -0.39 is 22.8 Å². The van der Waals surface area contributed by atoms with Crippen LogP contribution in [0.1, 0.15) is 29.2 Å². The first kappa shape index (κ1) is 32.2. The molecule has 0 aliphatic carbocycles. The molecule has 4 aromatic rings. The smallest absolute Gasteiger partial charge is 0.335 e. The van der Waals surface area contributed by atoms with E-state index >= 15 is 0 Å². The predicted octanol–water partition coefficient (Wildman–Crippen LogP) is 6.55. The number of nitrogens with one attached hydrogen (secondary N) is 1. The van der Waals surface area contributed by atoms with Gasteiger partial charge in [-0.3, -0.25) is 25.0 Å². The highest BCUT2D eigenvalue weighted by Gasteiger charge is 2.37. The molecule has 11 heteroatoms. The Labute approximate surface area is 270 Å². The molecule has 5 rings (SSSR count). The third kappa shape index (κ3) is 7.71. The summed E-state index contributed by atoms with van der Waals surface area (Å²) in [7, 11) is 0. The van der Waals surface area contributed by atoms with E-state index in [0.29, 0.717) is 53.6 Å². The minimum Gasteiger partial charge on any atom is -0.490 e. The van der Waals surface area contributed by atoms with Gasteiger partial charge in [0.05, 0.1) is 17.2 Å². The van der Waals surface area contributed by atoms with Crippen LogP contribution in [0.15, 0.2) is 109 Å². The number of anilines is 1. The molecule has 0 bridgehead atoms. The second kappa shape index (κ2) is 14.7. The predicted molar refractivity (Wildman–Crippen MR) is 175 cm³/mol. The molecule has 1 aliphatic heterocycles. The number of nitro groups is 1. The normalized spacial score (nSPS) is 13.7.